The first kappa shape index (κ1) is 35.2. The zero-order valence-corrected chi connectivity index (χ0v) is 34.8. The Bertz CT molecular complexity index is 3970. The number of nitrogens with zero attached hydrogens (tertiary/aromatic N) is 2. The van der Waals surface area contributed by atoms with Gasteiger partial charge in [-0.15, -0.1) is 0 Å². The van der Waals surface area contributed by atoms with Gasteiger partial charge in [0.05, 0.1) is 33.4 Å². The third-order valence-electron chi connectivity index (χ3n) is 13.9. The van der Waals surface area contributed by atoms with E-state index in [9.17, 15) is 0 Å². The Labute approximate surface area is 369 Å². The Morgan fingerprint density at radius 3 is 1.02 bits per heavy atom. The summed E-state index contributed by atoms with van der Waals surface area (Å²) in [5.41, 5.74) is 12.0. The molecule has 0 aliphatic heterocycles. The molecular weight excluding hydrogens is 773 g/mol. The summed E-state index contributed by atoms with van der Waals surface area (Å²) in [6, 6.07) is 85.5. The van der Waals surface area contributed by atoms with Crippen LogP contribution in [-0.4, -0.2) is 9.13 Å². The molecule has 0 aliphatic carbocycles. The molecule has 14 aromatic rings. The predicted molar refractivity (Wildman–Crippen MR) is 274 cm³/mol. The molecule has 2 nitrogen and oxygen atoms in total. The van der Waals surface area contributed by atoms with E-state index in [-0.39, 0.29) is 0 Å². The summed E-state index contributed by atoms with van der Waals surface area (Å²) < 4.78 is 5.05. The highest BCUT2D eigenvalue weighted by Crippen LogP contribution is 2.44. The fourth-order valence-electron chi connectivity index (χ4n) is 11.0. The number of fused-ring (bicyclic) bond motifs is 13. The minimum Gasteiger partial charge on any atom is -0.309 e. The highest BCUT2D eigenvalue weighted by atomic mass is 15.0. The maximum Gasteiger partial charge on any atom is 0.0547 e. The average molecular weight is 811 g/mol. The number of hydrogen-bond acceptors (Lipinski definition) is 0. The van der Waals surface area contributed by atoms with E-state index in [4.69, 9.17) is 0 Å². The molecular formula is C62H38N2. The summed E-state index contributed by atoms with van der Waals surface area (Å²) in [7, 11) is 0. The molecule has 0 aliphatic rings. The second-order valence-corrected chi connectivity index (χ2v) is 17.2. The smallest absolute Gasteiger partial charge is 0.0547 e. The van der Waals surface area contributed by atoms with Crippen molar-refractivity contribution in [1.82, 2.24) is 9.13 Å². The SMILES string of the molecule is c1ccc2c(-c3ccc4c5c6ccccc6ccc5n(-c5ccc(-n6c7cc(-c8cccc9ccccc89)ccc7c7c8ccccc8ccc76)c6ccccc56)c4c3)cccc2c1. The maximum absolute atomic E-state index is 2.52. The number of aromatic nitrogens is 2. The molecule has 64 heavy (non-hydrogen) atoms. The summed E-state index contributed by atoms with van der Waals surface area (Å²) in [6.07, 6.45) is 0. The van der Waals surface area contributed by atoms with Crippen molar-refractivity contribution < 1.29 is 0 Å². The van der Waals surface area contributed by atoms with Gasteiger partial charge in [-0.05, 0) is 102 Å². The molecule has 0 atom stereocenters. The maximum atomic E-state index is 2.52. The summed E-state index contributed by atoms with van der Waals surface area (Å²) in [6.45, 7) is 0. The summed E-state index contributed by atoms with van der Waals surface area (Å²) in [5, 5.41) is 17.5. The van der Waals surface area contributed by atoms with Gasteiger partial charge in [0.1, 0.15) is 0 Å². The monoisotopic (exact) mass is 810 g/mol. The van der Waals surface area contributed by atoms with Crippen LogP contribution in [0.15, 0.2) is 231 Å². The van der Waals surface area contributed by atoms with Gasteiger partial charge in [-0.3, -0.25) is 0 Å². The van der Waals surface area contributed by atoms with Crippen LogP contribution >= 0.6 is 0 Å². The molecule has 12 aromatic carbocycles. The molecule has 0 N–H and O–H groups in total. The number of hydrogen-bond donors (Lipinski definition) is 0. The van der Waals surface area contributed by atoms with Crippen molar-refractivity contribution in [2.75, 3.05) is 0 Å². The third kappa shape index (κ3) is 5.02. The Balaban J connectivity index is 1.07. The Morgan fingerprint density at radius 2 is 0.578 bits per heavy atom. The lowest BCUT2D eigenvalue weighted by Gasteiger charge is -2.17. The molecule has 0 saturated heterocycles. The van der Waals surface area contributed by atoms with Crippen LogP contribution in [0.5, 0.6) is 0 Å². The lowest BCUT2D eigenvalue weighted by Crippen LogP contribution is -2.00. The van der Waals surface area contributed by atoms with E-state index in [0.717, 1.165) is 11.4 Å². The first-order chi connectivity index (χ1) is 31.8. The molecule has 0 fully saturated rings. The molecule has 0 saturated carbocycles. The summed E-state index contributed by atoms with van der Waals surface area (Å²) in [5.74, 6) is 0. The molecule has 0 spiro atoms. The average Bonchev–Trinajstić information content (AvgIpc) is 3.88. The van der Waals surface area contributed by atoms with Crippen molar-refractivity contribution in [3.05, 3.63) is 231 Å². The van der Waals surface area contributed by atoms with Gasteiger partial charge in [0, 0.05) is 32.3 Å². The predicted octanol–water partition coefficient (Wildman–Crippen LogP) is 17.0. The van der Waals surface area contributed by atoms with E-state index in [2.05, 4.69) is 240 Å². The Kier molecular flexibility index (Phi) is 7.43. The van der Waals surface area contributed by atoms with E-state index in [1.807, 2.05) is 0 Å². The van der Waals surface area contributed by atoms with Crippen molar-refractivity contribution in [2.45, 2.75) is 0 Å². The van der Waals surface area contributed by atoms with E-state index in [0.29, 0.717) is 0 Å². The van der Waals surface area contributed by atoms with Crippen LogP contribution in [0.3, 0.4) is 0 Å². The Morgan fingerprint density at radius 1 is 0.219 bits per heavy atom. The zero-order chi connectivity index (χ0) is 41.9. The van der Waals surface area contributed by atoms with Gasteiger partial charge >= 0.3 is 0 Å². The molecule has 2 heteroatoms. The minimum atomic E-state index is 1.16. The minimum absolute atomic E-state index is 1.16. The van der Waals surface area contributed by atoms with Crippen LogP contribution in [0.4, 0.5) is 0 Å². The zero-order valence-electron chi connectivity index (χ0n) is 34.8. The topological polar surface area (TPSA) is 9.86 Å². The molecule has 0 bridgehead atoms. The van der Waals surface area contributed by atoms with Crippen LogP contribution in [-0.2, 0) is 0 Å². The molecule has 2 heterocycles. The van der Waals surface area contributed by atoms with Crippen LogP contribution in [0, 0.1) is 0 Å². The molecule has 296 valence electrons. The molecule has 2 aromatic heterocycles. The fourth-order valence-corrected chi connectivity index (χ4v) is 11.0. The quantitative estimate of drug-likeness (QED) is 0.168. The first-order valence-electron chi connectivity index (χ1n) is 22.2. The fraction of sp³-hybridized carbons (Fsp3) is 0. The van der Waals surface area contributed by atoms with Crippen LogP contribution in [0.25, 0.3) is 131 Å². The van der Waals surface area contributed by atoms with E-state index in [1.165, 1.54) is 120 Å². The van der Waals surface area contributed by atoms with Gasteiger partial charge in [-0.1, -0.05) is 194 Å². The lowest BCUT2D eigenvalue weighted by molar-refractivity contribution is 1.17. The van der Waals surface area contributed by atoms with Crippen molar-refractivity contribution >= 4 is 97.5 Å². The second kappa shape index (κ2) is 13.5. The van der Waals surface area contributed by atoms with E-state index in [1.54, 1.807) is 0 Å². The van der Waals surface area contributed by atoms with E-state index >= 15 is 0 Å². The highest BCUT2D eigenvalue weighted by Gasteiger charge is 2.22. The Hall–Kier alpha value is -8.46. The number of benzene rings is 12. The molecule has 0 unspecified atom stereocenters. The van der Waals surface area contributed by atoms with Gasteiger partial charge in [0.25, 0.3) is 0 Å². The molecule has 0 amide bonds. The van der Waals surface area contributed by atoms with E-state index < -0.39 is 0 Å². The lowest BCUT2D eigenvalue weighted by atomic mass is 9.97. The first-order valence-corrected chi connectivity index (χ1v) is 22.2. The van der Waals surface area contributed by atoms with Crippen molar-refractivity contribution in [3.8, 4) is 33.6 Å². The summed E-state index contributed by atoms with van der Waals surface area (Å²) in [4.78, 5) is 0. The van der Waals surface area contributed by atoms with Gasteiger partial charge < -0.3 is 9.13 Å². The molecule has 0 radical (unpaired) electrons. The summed E-state index contributed by atoms with van der Waals surface area (Å²) >= 11 is 0. The van der Waals surface area contributed by atoms with Gasteiger partial charge in [0.2, 0.25) is 0 Å². The normalized spacial score (nSPS) is 12.1. The van der Waals surface area contributed by atoms with Gasteiger partial charge in [-0.2, -0.15) is 0 Å². The standard InChI is InChI=1S/C62H38N2/c1-5-19-45-39(13-1)17-11-25-47(45)43-27-31-53-59(37-43)63(57-33-29-41-15-3-7-21-49(41)61(53)57)55-35-36-56(52-24-10-9-23-51(52)55)64-58-34-30-42-16-4-8-22-50(42)62(58)54-32-28-44(38-60(54)64)48-26-12-18-40-14-2-6-20-46(40)48/h1-38H. The van der Waals surface area contributed by atoms with Crippen molar-refractivity contribution in [3.63, 3.8) is 0 Å². The van der Waals surface area contributed by atoms with Gasteiger partial charge in [-0.25, -0.2) is 0 Å². The van der Waals surface area contributed by atoms with Crippen LogP contribution in [0.2, 0.25) is 0 Å². The largest absolute Gasteiger partial charge is 0.309 e. The highest BCUT2D eigenvalue weighted by molar-refractivity contribution is 6.24. The molecule has 14 rings (SSSR count). The van der Waals surface area contributed by atoms with Gasteiger partial charge in [0.15, 0.2) is 0 Å². The number of rotatable bonds is 4. The van der Waals surface area contributed by atoms with Crippen LogP contribution < -0.4 is 0 Å². The van der Waals surface area contributed by atoms with Crippen molar-refractivity contribution in [1.29, 1.82) is 0 Å². The van der Waals surface area contributed by atoms with Crippen LogP contribution in [0.1, 0.15) is 0 Å². The van der Waals surface area contributed by atoms with Crippen molar-refractivity contribution in [2.24, 2.45) is 0 Å². The third-order valence-corrected chi connectivity index (χ3v) is 13.9. The second-order valence-electron chi connectivity index (χ2n) is 17.2.